The van der Waals surface area contributed by atoms with Crippen LogP contribution in [-0.2, 0) is 9.53 Å². The number of hydrogen-bond acceptors (Lipinski definition) is 5. The third kappa shape index (κ3) is 3.63. The van der Waals surface area contributed by atoms with E-state index in [1.54, 1.807) is 24.4 Å². The highest BCUT2D eigenvalue weighted by Gasteiger charge is 2.29. The van der Waals surface area contributed by atoms with Gasteiger partial charge in [0.1, 0.15) is 5.75 Å². The van der Waals surface area contributed by atoms with Crippen LogP contribution in [0.25, 0.3) is 10.9 Å². The number of nitrogens with zero attached hydrogens (tertiary/aromatic N) is 2. The van der Waals surface area contributed by atoms with Crippen molar-refractivity contribution in [2.45, 2.75) is 13.0 Å². The molecule has 2 amide bonds. The molecule has 1 aliphatic rings. The van der Waals surface area contributed by atoms with E-state index in [1.807, 2.05) is 13.0 Å². The molecule has 3 rings (SSSR count). The lowest BCUT2D eigenvalue weighted by atomic mass is 10.1. The molecule has 2 N–H and O–H groups in total. The second-order valence-electron chi connectivity index (χ2n) is 5.52. The normalized spacial score (nSPS) is 17.3. The SMILES string of the molecule is CCOc1ccc(NC(=O)N2CCOC(C(=O)O)C2)c2ncccc12. The van der Waals surface area contributed by atoms with Crippen molar-refractivity contribution in [2.75, 3.05) is 31.6 Å². The number of ether oxygens (including phenoxy) is 2. The van der Waals surface area contributed by atoms with Crippen molar-refractivity contribution >= 4 is 28.6 Å². The molecule has 25 heavy (non-hydrogen) atoms. The summed E-state index contributed by atoms with van der Waals surface area (Å²) in [5, 5.41) is 12.6. The molecule has 0 radical (unpaired) electrons. The number of carbonyl (C=O) groups excluding carboxylic acids is 1. The van der Waals surface area contributed by atoms with E-state index in [9.17, 15) is 9.59 Å². The summed E-state index contributed by atoms with van der Waals surface area (Å²) < 4.78 is 10.7. The van der Waals surface area contributed by atoms with E-state index in [0.717, 1.165) is 5.39 Å². The quantitative estimate of drug-likeness (QED) is 0.878. The van der Waals surface area contributed by atoms with Gasteiger partial charge in [-0.3, -0.25) is 4.98 Å². The molecule has 1 aromatic carbocycles. The molecular formula is C17H19N3O5. The highest BCUT2D eigenvalue weighted by molar-refractivity contribution is 6.01. The number of anilines is 1. The van der Waals surface area contributed by atoms with E-state index in [-0.39, 0.29) is 19.2 Å². The number of rotatable bonds is 4. The predicted octanol–water partition coefficient (Wildman–Crippen LogP) is 1.95. The molecule has 8 nitrogen and oxygen atoms in total. The maximum Gasteiger partial charge on any atom is 0.334 e. The average molecular weight is 345 g/mol. The Labute approximate surface area is 144 Å². The number of fused-ring (bicyclic) bond motifs is 1. The molecular weight excluding hydrogens is 326 g/mol. The summed E-state index contributed by atoms with van der Waals surface area (Å²) in [5.41, 5.74) is 1.16. The first-order valence-electron chi connectivity index (χ1n) is 8.01. The lowest BCUT2D eigenvalue weighted by Gasteiger charge is -2.30. The number of morpholine rings is 1. The zero-order valence-electron chi connectivity index (χ0n) is 13.8. The van der Waals surface area contributed by atoms with Crippen molar-refractivity contribution in [2.24, 2.45) is 0 Å². The molecule has 1 aliphatic heterocycles. The number of aromatic nitrogens is 1. The molecule has 0 bridgehead atoms. The smallest absolute Gasteiger partial charge is 0.334 e. The zero-order chi connectivity index (χ0) is 17.8. The van der Waals surface area contributed by atoms with E-state index in [1.165, 1.54) is 4.90 Å². The van der Waals surface area contributed by atoms with Crippen molar-refractivity contribution in [1.82, 2.24) is 9.88 Å². The average Bonchev–Trinajstić information content (AvgIpc) is 2.64. The maximum atomic E-state index is 12.5. The largest absolute Gasteiger partial charge is 0.493 e. The van der Waals surface area contributed by atoms with E-state index in [0.29, 0.717) is 30.1 Å². The van der Waals surface area contributed by atoms with Gasteiger partial charge in [0.15, 0.2) is 6.10 Å². The van der Waals surface area contributed by atoms with Gasteiger partial charge in [-0.15, -0.1) is 0 Å². The van der Waals surface area contributed by atoms with Gasteiger partial charge >= 0.3 is 12.0 Å². The van der Waals surface area contributed by atoms with E-state index in [4.69, 9.17) is 14.6 Å². The molecule has 2 heterocycles. The van der Waals surface area contributed by atoms with Gasteiger partial charge in [0.2, 0.25) is 0 Å². The van der Waals surface area contributed by atoms with Crippen molar-refractivity contribution in [3.63, 3.8) is 0 Å². The first-order chi connectivity index (χ1) is 12.1. The first-order valence-corrected chi connectivity index (χ1v) is 8.01. The third-order valence-electron chi connectivity index (χ3n) is 3.90. The Bertz CT molecular complexity index is 795. The fraction of sp³-hybridized carbons (Fsp3) is 0.353. The van der Waals surface area contributed by atoms with Gasteiger partial charge in [-0.1, -0.05) is 0 Å². The highest BCUT2D eigenvalue weighted by Crippen LogP contribution is 2.30. The molecule has 2 aromatic rings. The van der Waals surface area contributed by atoms with Gasteiger partial charge in [-0.2, -0.15) is 0 Å². The lowest BCUT2D eigenvalue weighted by molar-refractivity contribution is -0.154. The summed E-state index contributed by atoms with van der Waals surface area (Å²) in [6, 6.07) is 6.80. The molecule has 132 valence electrons. The predicted molar refractivity (Wildman–Crippen MR) is 90.9 cm³/mol. The van der Waals surface area contributed by atoms with E-state index < -0.39 is 12.1 Å². The fourth-order valence-corrected chi connectivity index (χ4v) is 2.71. The first kappa shape index (κ1) is 17.0. The Morgan fingerprint density at radius 2 is 2.28 bits per heavy atom. The summed E-state index contributed by atoms with van der Waals surface area (Å²) in [7, 11) is 0. The molecule has 0 aliphatic carbocycles. The molecule has 1 aromatic heterocycles. The minimum absolute atomic E-state index is 0.00353. The molecule has 8 heteroatoms. The number of pyridine rings is 1. The topological polar surface area (TPSA) is 101 Å². The molecule has 1 unspecified atom stereocenters. The molecule has 0 spiro atoms. The molecule has 0 saturated carbocycles. The van der Waals surface area contributed by atoms with Crippen molar-refractivity contribution in [3.8, 4) is 5.75 Å². The van der Waals surface area contributed by atoms with Crippen LogP contribution in [0.4, 0.5) is 10.5 Å². The Morgan fingerprint density at radius 3 is 3.04 bits per heavy atom. The van der Waals surface area contributed by atoms with Crippen molar-refractivity contribution in [1.29, 1.82) is 0 Å². The van der Waals surface area contributed by atoms with Crippen molar-refractivity contribution < 1.29 is 24.2 Å². The number of carboxylic acids is 1. The third-order valence-corrected chi connectivity index (χ3v) is 3.90. The van der Waals surface area contributed by atoms with Crippen LogP contribution >= 0.6 is 0 Å². The van der Waals surface area contributed by atoms with Crippen LogP contribution in [0.1, 0.15) is 6.92 Å². The van der Waals surface area contributed by atoms with Gasteiger partial charge in [0.25, 0.3) is 0 Å². The summed E-state index contributed by atoms with van der Waals surface area (Å²) in [4.78, 5) is 29.3. The summed E-state index contributed by atoms with van der Waals surface area (Å²) in [6.07, 6.45) is 0.637. The number of carboxylic acid groups (broad SMARTS) is 1. The Hall–Kier alpha value is -2.87. The number of benzene rings is 1. The van der Waals surface area contributed by atoms with E-state index >= 15 is 0 Å². The van der Waals surface area contributed by atoms with Crippen LogP contribution < -0.4 is 10.1 Å². The van der Waals surface area contributed by atoms with Crippen LogP contribution in [0, 0.1) is 0 Å². The Kier molecular flexibility index (Phi) is 4.99. The summed E-state index contributed by atoms with van der Waals surface area (Å²) in [5.74, 6) is -0.383. The van der Waals surface area contributed by atoms with Crippen LogP contribution in [0.3, 0.4) is 0 Å². The number of nitrogens with one attached hydrogen (secondary N) is 1. The number of amides is 2. The molecule has 1 atom stereocenters. The number of carbonyl (C=O) groups is 2. The number of hydrogen-bond donors (Lipinski definition) is 2. The standard InChI is InChI=1S/C17H19N3O5/c1-2-24-13-6-5-12(15-11(13)4-3-7-18-15)19-17(23)20-8-9-25-14(10-20)16(21)22/h3-7,14H,2,8-10H2,1H3,(H,19,23)(H,21,22). The molecule has 1 saturated heterocycles. The fourth-order valence-electron chi connectivity index (χ4n) is 2.71. The minimum Gasteiger partial charge on any atom is -0.493 e. The van der Waals surface area contributed by atoms with Gasteiger partial charge in [-0.05, 0) is 31.2 Å². The lowest BCUT2D eigenvalue weighted by Crippen LogP contribution is -2.49. The number of urea groups is 1. The maximum absolute atomic E-state index is 12.5. The Balaban J connectivity index is 1.82. The zero-order valence-corrected chi connectivity index (χ0v) is 13.8. The summed E-state index contributed by atoms with van der Waals surface area (Å²) >= 11 is 0. The summed E-state index contributed by atoms with van der Waals surface area (Å²) in [6.45, 7) is 2.95. The van der Waals surface area contributed by atoms with Crippen molar-refractivity contribution in [3.05, 3.63) is 30.5 Å². The highest BCUT2D eigenvalue weighted by atomic mass is 16.5. The second-order valence-corrected chi connectivity index (χ2v) is 5.52. The van der Waals surface area contributed by atoms with Gasteiger partial charge < -0.3 is 24.8 Å². The minimum atomic E-state index is -1.08. The monoisotopic (exact) mass is 345 g/mol. The van der Waals surface area contributed by atoms with Crippen LogP contribution in [-0.4, -0.2) is 59.4 Å². The van der Waals surface area contributed by atoms with Gasteiger partial charge in [0.05, 0.1) is 31.0 Å². The molecule has 1 fully saturated rings. The Morgan fingerprint density at radius 1 is 1.44 bits per heavy atom. The van der Waals surface area contributed by atoms with Crippen LogP contribution in [0.5, 0.6) is 5.75 Å². The van der Waals surface area contributed by atoms with Gasteiger partial charge in [-0.25, -0.2) is 9.59 Å². The van der Waals surface area contributed by atoms with E-state index in [2.05, 4.69) is 10.3 Å². The van der Waals surface area contributed by atoms with Gasteiger partial charge in [0, 0.05) is 18.1 Å². The second kappa shape index (κ2) is 7.35. The van der Waals surface area contributed by atoms with Crippen LogP contribution in [0.15, 0.2) is 30.5 Å². The number of aliphatic carboxylic acids is 1. The van der Waals surface area contributed by atoms with Crippen LogP contribution in [0.2, 0.25) is 0 Å².